The molecule has 8 heterocycles. The molecule has 12 nitrogen and oxygen atoms in total. The predicted octanol–water partition coefficient (Wildman–Crippen LogP) is 15.0. The number of fused-ring (bicyclic) bond motifs is 4. The number of aromatic nitrogens is 12. The van der Waals surface area contributed by atoms with Gasteiger partial charge in [-0.15, -0.1) is 22.1 Å². The Morgan fingerprint density at radius 2 is 0.481 bits per heavy atom. The monoisotopic (exact) mass is 1130 g/mol. The minimum atomic E-state index is 0. The third-order valence-corrected chi connectivity index (χ3v) is 15.7. The Hall–Kier alpha value is -10.6. The zero-order valence-corrected chi connectivity index (χ0v) is 44.0. The second-order valence-corrected chi connectivity index (χ2v) is 20.1. The van der Waals surface area contributed by atoms with Crippen LogP contribution in [-0.2, 0) is 20.4 Å². The van der Waals surface area contributed by atoms with Gasteiger partial charge < -0.3 is 9.97 Å². The Kier molecular flexibility index (Phi) is 10.5. The van der Waals surface area contributed by atoms with Gasteiger partial charge in [-0.3, -0.25) is 39.9 Å². The van der Waals surface area contributed by atoms with Crippen molar-refractivity contribution in [1.29, 1.82) is 0 Å². The first kappa shape index (κ1) is 46.5. The second-order valence-electron chi connectivity index (χ2n) is 20.1. The van der Waals surface area contributed by atoms with E-state index in [0.29, 0.717) is 89.9 Å². The fraction of sp³-hybridized carbons (Fsp3) is 0. The van der Waals surface area contributed by atoms with Crippen LogP contribution in [0.3, 0.4) is 0 Å². The average molecular weight is 1130 g/mol. The predicted molar refractivity (Wildman–Crippen MR) is 317 cm³/mol. The van der Waals surface area contributed by atoms with Crippen LogP contribution in [0, 0.1) is 0 Å². The van der Waals surface area contributed by atoms with E-state index in [2.05, 4.69) is 146 Å². The van der Waals surface area contributed by atoms with E-state index < -0.39 is 0 Å². The number of rotatable bonds is 4. The molecule has 0 unspecified atom stereocenters. The van der Waals surface area contributed by atoms with Crippen molar-refractivity contribution in [3.05, 3.63) is 220 Å². The van der Waals surface area contributed by atoms with Crippen LogP contribution >= 0.6 is 0 Å². The molecule has 17 rings (SSSR count). The van der Waals surface area contributed by atoms with Gasteiger partial charge in [-0.25, -0.2) is 9.97 Å². The van der Waals surface area contributed by atoms with E-state index in [0.717, 1.165) is 86.9 Å². The molecule has 0 fully saturated rings. The van der Waals surface area contributed by atoms with Crippen LogP contribution in [0.15, 0.2) is 220 Å². The molecule has 81 heavy (non-hydrogen) atoms. The van der Waals surface area contributed by atoms with Crippen molar-refractivity contribution in [2.45, 2.75) is 0 Å². The largest absolute Gasteiger partial charge is 2.00 e. The molecule has 0 spiro atoms. The van der Waals surface area contributed by atoms with Gasteiger partial charge in [-0.1, -0.05) is 97.1 Å². The second kappa shape index (κ2) is 18.3. The van der Waals surface area contributed by atoms with Crippen molar-refractivity contribution in [1.82, 2.24) is 59.8 Å². The van der Waals surface area contributed by atoms with E-state index in [-0.39, 0.29) is 20.4 Å². The van der Waals surface area contributed by atoms with E-state index in [1.54, 1.807) is 74.4 Å². The van der Waals surface area contributed by atoms with Crippen molar-refractivity contribution in [2.24, 2.45) is 0 Å². The average Bonchev–Trinajstić information content (AvgIpc) is 3.51. The molecule has 2 aliphatic heterocycles. The molecule has 0 N–H and O–H groups in total. The maximum absolute atomic E-state index is 5.94. The Morgan fingerprint density at radius 3 is 0.691 bits per heavy atom. The molecule has 8 aromatic carbocycles. The summed E-state index contributed by atoms with van der Waals surface area (Å²) < 4.78 is 0. The molecule has 378 valence electrons. The molecule has 0 atom stereocenters. The van der Waals surface area contributed by atoms with Crippen molar-refractivity contribution < 1.29 is 20.4 Å². The maximum atomic E-state index is 5.94. The maximum Gasteiger partial charge on any atom is 2.00 e. The Bertz CT molecular complexity index is 4650. The third kappa shape index (κ3) is 7.20. The van der Waals surface area contributed by atoms with Crippen LogP contribution in [0.5, 0.6) is 0 Å². The quantitative estimate of drug-likeness (QED) is 0.154. The van der Waals surface area contributed by atoms with Gasteiger partial charge in [0.1, 0.15) is 0 Å². The van der Waals surface area contributed by atoms with Gasteiger partial charge in [0.25, 0.3) is 0 Å². The molecule has 8 bridgehead atoms. The Balaban J connectivity index is 0.00000542. The number of benzene rings is 8. The first-order valence-electron chi connectivity index (χ1n) is 26.2. The van der Waals surface area contributed by atoms with E-state index in [4.69, 9.17) is 59.8 Å². The minimum Gasteiger partial charge on any atom is -0.656 e. The summed E-state index contributed by atoms with van der Waals surface area (Å²) in [6.45, 7) is 0. The van der Waals surface area contributed by atoms with Crippen molar-refractivity contribution >= 4 is 86.7 Å². The summed E-state index contributed by atoms with van der Waals surface area (Å²) in [4.78, 5) is 63.1. The molecule has 14 aromatic rings. The van der Waals surface area contributed by atoms with Gasteiger partial charge in [0, 0.05) is 94.1 Å². The summed E-state index contributed by atoms with van der Waals surface area (Å²) in [6.07, 6.45) is 20.9. The van der Waals surface area contributed by atoms with Crippen LogP contribution < -0.4 is 9.97 Å². The van der Waals surface area contributed by atoms with E-state index in [1.807, 2.05) is 0 Å². The van der Waals surface area contributed by atoms with Crippen molar-refractivity contribution in [3.63, 3.8) is 0 Å². The van der Waals surface area contributed by atoms with Gasteiger partial charge in [-0.05, 0) is 113 Å². The van der Waals surface area contributed by atoms with Crippen LogP contribution in [-0.4, -0.2) is 49.8 Å². The number of hydrogen-bond donors (Lipinski definition) is 0. The van der Waals surface area contributed by atoms with E-state index >= 15 is 0 Å². The van der Waals surface area contributed by atoms with E-state index in [1.165, 1.54) is 0 Å². The SMILES string of the molecule is [Pd+2].c1ccc2cc3c(cc2c1)-c1nc-3c(-c2cnccn2)c2[n-]c(c(-c3cnccn3)c3nc(c(-c4cnccn4)c4[n-]c(c1-c1cnccn1)c1cc5ccccc5cc41)-c1cc4ccccc4cc1-3)c1cc3ccccc3cc21. The van der Waals surface area contributed by atoms with Crippen molar-refractivity contribution in [2.75, 3.05) is 0 Å². The molecular weight excluding hydrogens is 1090 g/mol. The fourth-order valence-electron chi connectivity index (χ4n) is 12.1. The fourth-order valence-corrected chi connectivity index (χ4v) is 12.1. The van der Waals surface area contributed by atoms with Crippen LogP contribution in [0.1, 0.15) is 0 Å². The number of hydrogen-bond acceptors (Lipinski definition) is 10. The van der Waals surface area contributed by atoms with Crippen LogP contribution in [0.25, 0.3) is 177 Å². The summed E-state index contributed by atoms with van der Waals surface area (Å²) in [6, 6.07) is 51.5. The molecule has 0 saturated heterocycles. The van der Waals surface area contributed by atoms with Gasteiger partial charge in [-0.2, -0.15) is 0 Å². The van der Waals surface area contributed by atoms with E-state index in [9.17, 15) is 0 Å². The minimum absolute atomic E-state index is 0. The first-order valence-corrected chi connectivity index (χ1v) is 26.2. The summed E-state index contributed by atoms with van der Waals surface area (Å²) in [7, 11) is 0. The molecule has 6 aromatic heterocycles. The van der Waals surface area contributed by atoms with Gasteiger partial charge in [0.05, 0.1) is 70.3 Å². The third-order valence-electron chi connectivity index (χ3n) is 15.7. The van der Waals surface area contributed by atoms with Gasteiger partial charge in [0.2, 0.25) is 0 Å². The topological polar surface area (TPSA) is 157 Å². The van der Waals surface area contributed by atoms with Gasteiger partial charge >= 0.3 is 20.4 Å². The molecule has 0 radical (unpaired) electrons. The molecule has 0 saturated carbocycles. The molecule has 1 aliphatic carbocycles. The number of nitrogens with zero attached hydrogens (tertiary/aromatic N) is 12. The smallest absolute Gasteiger partial charge is 0.656 e. The Morgan fingerprint density at radius 1 is 0.259 bits per heavy atom. The molecule has 3 aliphatic rings. The summed E-state index contributed by atoms with van der Waals surface area (Å²) >= 11 is 0. The summed E-state index contributed by atoms with van der Waals surface area (Å²) in [5.74, 6) is 0. The standard InChI is InChI=1S/C68H36N12.Pd/c1-2-10-38-26-46-45(25-37(38)9-1)61-57(53-33-69-17-21-73-53)63-47-27-39-11-3-4-12-40(39)28-48(47)65(78-63)59(55-35-71-19-23-75-55)67-51-31-43-15-7-8-16-44(43)32-52(51)68(80-67)60(56-36-72-20-24-76-56)66-50-30-42-14-6-5-13-41(42)29-49(50)64(79-66)58(62(46)77-61)54-34-70-18-22-74-54;/h1-36H;/q-2;+2. The molecule has 13 heteroatoms. The van der Waals surface area contributed by atoms with Crippen molar-refractivity contribution in [3.8, 4) is 90.1 Å². The summed E-state index contributed by atoms with van der Waals surface area (Å²) in [5, 5.41) is 11.9. The molecule has 0 amide bonds. The van der Waals surface area contributed by atoms with Gasteiger partial charge in [0.15, 0.2) is 0 Å². The zero-order valence-electron chi connectivity index (χ0n) is 42.5. The Labute approximate surface area is 474 Å². The van der Waals surface area contributed by atoms with Crippen LogP contribution in [0.2, 0.25) is 0 Å². The zero-order chi connectivity index (χ0) is 52.4. The molecular formula is C68H36N12Pd. The normalized spacial score (nSPS) is 11.9. The van der Waals surface area contributed by atoms with Crippen LogP contribution in [0.4, 0.5) is 0 Å². The first-order chi connectivity index (χ1) is 39.7. The summed E-state index contributed by atoms with van der Waals surface area (Å²) in [5.41, 5.74) is 14.0.